The summed E-state index contributed by atoms with van der Waals surface area (Å²) >= 11 is 0. The summed E-state index contributed by atoms with van der Waals surface area (Å²) in [6, 6.07) is 5.05. The van der Waals surface area contributed by atoms with Gasteiger partial charge in [-0.25, -0.2) is 4.99 Å². The number of ether oxygens (including phenoxy) is 5. The second-order valence-electron chi connectivity index (χ2n) is 17.0. The Labute approximate surface area is 361 Å². The van der Waals surface area contributed by atoms with Crippen molar-refractivity contribution in [2.45, 2.75) is 97.6 Å². The molecular formula is C47H57N3O12. The number of nitrogens with zero attached hydrogens (tertiary/aromatic N) is 2. The summed E-state index contributed by atoms with van der Waals surface area (Å²) in [4.78, 5) is 61.9. The summed E-state index contributed by atoms with van der Waals surface area (Å²) in [5, 5.41) is 37.0. The molecule has 1 fully saturated rings. The Morgan fingerprint density at radius 1 is 1.02 bits per heavy atom. The highest BCUT2D eigenvalue weighted by Gasteiger charge is 2.52. The maximum absolute atomic E-state index is 14.6. The molecule has 1 saturated heterocycles. The van der Waals surface area contributed by atoms with Gasteiger partial charge in [0.1, 0.15) is 35.1 Å². The normalized spacial score (nSPS) is 31.3. The number of aliphatic imine (C=N–C) groups is 1. The fraction of sp³-hybridized carbons (Fsp3) is 0.468. The molecular weight excluding hydrogens is 799 g/mol. The number of aromatic hydroxyl groups is 2. The third-order valence-corrected chi connectivity index (χ3v) is 12.0. The fourth-order valence-corrected chi connectivity index (χ4v) is 8.45. The second kappa shape index (κ2) is 18.4. The van der Waals surface area contributed by atoms with Crippen molar-refractivity contribution >= 4 is 34.8 Å². The molecule has 5 aliphatic rings. The standard InChI is InChI=1S/C47H57N3O12/c1-23-13-11-14-24(2)46(57)49-32-22-31(48-30-17-16-29(21-33(30)52)15-12-19-50(8)9)35-36(40(32)55)38(53)26(4)42-37(35)45(56)47(7,62-42)59-20-18-34(58-10)25(3)43(60-28(6)51)44-39(54)27(5)41(23)61-44/h11,13-14,16-18,20-23,25,27,34,39,41,43-44,52-54H,12,15,19H2,1-10H3,(H,49,57)/b13-11+,20-18+,24-14-,48-31?/t23-,25+,27-,34-,39+,41-,43+,44+,47-/m0/s1. The van der Waals surface area contributed by atoms with E-state index in [0.29, 0.717) is 6.42 Å². The summed E-state index contributed by atoms with van der Waals surface area (Å²) in [7, 11) is 5.41. The van der Waals surface area contributed by atoms with Crippen molar-refractivity contribution in [1.82, 2.24) is 10.2 Å². The van der Waals surface area contributed by atoms with Crippen LogP contribution < -0.4 is 10.1 Å². The average molecular weight is 856 g/mol. The number of rotatable bonds is 7. The highest BCUT2D eigenvalue weighted by atomic mass is 16.7. The number of nitrogens with one attached hydrogen (secondary N) is 1. The number of Topliss-reactive ketones (excluding diaryl/α,β-unsaturated/α-hetero) is 2. The van der Waals surface area contributed by atoms with Crippen LogP contribution in [-0.4, -0.2) is 113 Å². The van der Waals surface area contributed by atoms with Gasteiger partial charge in [-0.15, -0.1) is 0 Å². The second-order valence-corrected chi connectivity index (χ2v) is 17.0. The Kier molecular flexibility index (Phi) is 13.6. The van der Waals surface area contributed by atoms with E-state index in [1.165, 1.54) is 46.3 Å². The first-order valence-electron chi connectivity index (χ1n) is 20.8. The molecule has 9 atom stereocenters. The number of carbonyl (C=O) groups is 4. The fourth-order valence-electron chi connectivity index (χ4n) is 8.45. The number of benzene rings is 2. The number of aliphatic hydroxyl groups excluding tert-OH is 1. The lowest BCUT2D eigenvalue weighted by atomic mass is 9.83. The molecule has 7 rings (SSSR count). The van der Waals surface area contributed by atoms with Gasteiger partial charge in [0.2, 0.25) is 5.78 Å². The van der Waals surface area contributed by atoms with E-state index >= 15 is 0 Å². The monoisotopic (exact) mass is 855 g/mol. The summed E-state index contributed by atoms with van der Waals surface area (Å²) in [5.74, 6) is -6.72. The highest BCUT2D eigenvalue weighted by Crippen LogP contribution is 2.48. The summed E-state index contributed by atoms with van der Waals surface area (Å²) in [6.07, 6.45) is 6.45. The highest BCUT2D eigenvalue weighted by molar-refractivity contribution is 6.32. The van der Waals surface area contributed by atoms with E-state index < -0.39 is 71.4 Å². The molecule has 0 saturated carbocycles. The van der Waals surface area contributed by atoms with Gasteiger partial charge in [-0.1, -0.05) is 45.1 Å². The Morgan fingerprint density at radius 2 is 1.74 bits per heavy atom. The van der Waals surface area contributed by atoms with Crippen LogP contribution in [0.4, 0.5) is 5.69 Å². The number of fused-ring (bicyclic) bond motifs is 9. The van der Waals surface area contributed by atoms with E-state index in [0.717, 1.165) is 18.5 Å². The summed E-state index contributed by atoms with van der Waals surface area (Å²) in [5.41, 5.74) is 0.560. The molecule has 332 valence electrons. The van der Waals surface area contributed by atoms with Crippen LogP contribution >= 0.6 is 0 Å². The number of aryl methyl sites for hydroxylation is 1. The zero-order valence-electron chi connectivity index (χ0n) is 36.8. The topological polar surface area (TPSA) is 203 Å². The van der Waals surface area contributed by atoms with E-state index in [4.69, 9.17) is 28.7 Å². The molecule has 15 nitrogen and oxygen atoms in total. The largest absolute Gasteiger partial charge is 0.507 e. The molecule has 4 aliphatic heterocycles. The lowest BCUT2D eigenvalue weighted by molar-refractivity contribution is -0.168. The van der Waals surface area contributed by atoms with Gasteiger partial charge in [0.25, 0.3) is 11.7 Å². The van der Waals surface area contributed by atoms with Crippen molar-refractivity contribution in [3.05, 3.63) is 93.9 Å². The minimum atomic E-state index is -2.03. The van der Waals surface area contributed by atoms with Crippen molar-refractivity contribution in [1.29, 1.82) is 0 Å². The number of phenols is 2. The lowest BCUT2D eigenvalue weighted by Gasteiger charge is -2.33. The van der Waals surface area contributed by atoms with Gasteiger partial charge in [0.05, 0.1) is 47.1 Å². The first kappa shape index (κ1) is 45.9. The van der Waals surface area contributed by atoms with Crippen LogP contribution in [0.15, 0.2) is 71.1 Å². The minimum absolute atomic E-state index is 0.0151. The van der Waals surface area contributed by atoms with Gasteiger partial charge in [-0.3, -0.25) is 19.2 Å². The van der Waals surface area contributed by atoms with E-state index in [1.54, 1.807) is 38.1 Å². The van der Waals surface area contributed by atoms with E-state index in [-0.39, 0.29) is 68.3 Å². The summed E-state index contributed by atoms with van der Waals surface area (Å²) < 4.78 is 30.3. The maximum atomic E-state index is 14.6. The first-order valence-corrected chi connectivity index (χ1v) is 20.8. The molecule has 7 bridgehead atoms. The van der Waals surface area contributed by atoms with Crippen molar-refractivity contribution in [2.75, 3.05) is 27.7 Å². The van der Waals surface area contributed by atoms with Gasteiger partial charge in [-0.2, -0.15) is 0 Å². The molecule has 0 unspecified atom stereocenters. The Balaban J connectivity index is 1.49. The Hall–Kier alpha value is -5.61. The van der Waals surface area contributed by atoms with E-state index in [1.807, 2.05) is 40.1 Å². The molecule has 0 radical (unpaired) electrons. The van der Waals surface area contributed by atoms with Crippen molar-refractivity contribution < 1.29 is 58.2 Å². The number of esters is 1. The predicted molar refractivity (Wildman–Crippen MR) is 230 cm³/mol. The predicted octanol–water partition coefficient (Wildman–Crippen LogP) is 5.54. The molecule has 1 aliphatic carbocycles. The Bertz CT molecular complexity index is 2290. The third-order valence-electron chi connectivity index (χ3n) is 12.0. The number of hydrogen-bond acceptors (Lipinski definition) is 14. The van der Waals surface area contributed by atoms with Crippen LogP contribution in [0.1, 0.15) is 85.4 Å². The molecule has 62 heavy (non-hydrogen) atoms. The van der Waals surface area contributed by atoms with Crippen LogP contribution in [-0.2, 0) is 35.0 Å². The molecule has 4 heterocycles. The minimum Gasteiger partial charge on any atom is -0.507 e. The Morgan fingerprint density at radius 3 is 2.40 bits per heavy atom. The van der Waals surface area contributed by atoms with Gasteiger partial charge in [0, 0.05) is 55.4 Å². The molecule has 2 aromatic carbocycles. The van der Waals surface area contributed by atoms with Gasteiger partial charge < -0.3 is 49.2 Å². The smallest absolute Gasteiger partial charge is 0.312 e. The van der Waals surface area contributed by atoms with Crippen LogP contribution in [0.25, 0.3) is 0 Å². The molecule has 15 heteroatoms. The average Bonchev–Trinajstić information content (AvgIpc) is 3.66. The molecule has 0 aromatic heterocycles. The van der Waals surface area contributed by atoms with E-state index in [9.17, 15) is 34.5 Å². The maximum Gasteiger partial charge on any atom is 0.312 e. The molecule has 4 N–H and O–H groups in total. The van der Waals surface area contributed by atoms with Gasteiger partial charge in [-0.05, 0) is 77.2 Å². The SMILES string of the molecule is CO[C@H]1/C=C/O[C@@]2(C)Oc3c(C)c(O)c4c(c3C2=O)C(=Nc2ccc(CCCN(C)C)cc2O)C=C(NC(=O)/C(C)=C\C=C\[C@H](C)[C@@H]2O[C@H]([C@H](O)[C@@H]2C)[C@H](OC(C)=O)[C@@H]1C)C4=O. The van der Waals surface area contributed by atoms with Crippen molar-refractivity contribution in [3.8, 4) is 17.2 Å². The van der Waals surface area contributed by atoms with Gasteiger partial charge >= 0.3 is 11.8 Å². The van der Waals surface area contributed by atoms with Crippen LogP contribution in [0.5, 0.6) is 17.2 Å². The third kappa shape index (κ3) is 8.98. The number of carbonyl (C=O) groups excluding carboxylic acids is 4. The van der Waals surface area contributed by atoms with Gasteiger partial charge in [0.15, 0.2) is 0 Å². The summed E-state index contributed by atoms with van der Waals surface area (Å²) in [6.45, 7) is 12.1. The van der Waals surface area contributed by atoms with Crippen LogP contribution in [0.3, 0.4) is 0 Å². The number of aliphatic hydroxyl groups is 1. The number of allylic oxidation sites excluding steroid dienone is 4. The number of hydrogen-bond donors (Lipinski definition) is 4. The first-order chi connectivity index (χ1) is 29.3. The number of methoxy groups -OCH3 is 1. The lowest BCUT2D eigenvalue weighted by Crippen LogP contribution is -2.46. The number of phenolic OH excluding ortho intramolecular Hbond substituents is 2. The zero-order chi connectivity index (χ0) is 45.4. The number of amides is 1. The van der Waals surface area contributed by atoms with Crippen LogP contribution in [0.2, 0.25) is 0 Å². The van der Waals surface area contributed by atoms with E-state index in [2.05, 4.69) is 10.2 Å². The molecule has 0 spiro atoms. The quantitative estimate of drug-likeness (QED) is 0.253. The van der Waals surface area contributed by atoms with Crippen LogP contribution in [0, 0.1) is 24.7 Å². The van der Waals surface area contributed by atoms with Crippen molar-refractivity contribution in [3.63, 3.8) is 0 Å². The number of ketones is 2. The zero-order valence-corrected chi connectivity index (χ0v) is 36.8. The molecule has 1 amide bonds. The van der Waals surface area contributed by atoms with Crippen molar-refractivity contribution in [2.24, 2.45) is 22.7 Å². The molecule has 2 aromatic rings.